The van der Waals surface area contributed by atoms with Crippen LogP contribution in [0.2, 0.25) is 0 Å². The van der Waals surface area contributed by atoms with E-state index in [2.05, 4.69) is 17.4 Å². The number of aryl methyl sites for hydroxylation is 1. The van der Waals surface area contributed by atoms with E-state index in [1.54, 1.807) is 12.1 Å². The molecule has 1 aliphatic rings. The first kappa shape index (κ1) is 19.4. The van der Waals surface area contributed by atoms with E-state index >= 15 is 0 Å². The fraction of sp³-hybridized carbons (Fsp3) is 0.333. The van der Waals surface area contributed by atoms with Crippen LogP contribution in [-0.4, -0.2) is 18.1 Å². The Morgan fingerprint density at radius 2 is 1.83 bits per heavy atom. The van der Waals surface area contributed by atoms with Gasteiger partial charge in [0, 0.05) is 13.0 Å². The Bertz CT molecular complexity index is 1040. The van der Waals surface area contributed by atoms with Crippen molar-refractivity contribution in [2.75, 3.05) is 0 Å². The molecule has 5 heteroatoms. The molecule has 1 saturated heterocycles. The summed E-state index contributed by atoms with van der Waals surface area (Å²) in [5, 5.41) is 3.57. The number of carbonyl (C=O) groups excluding carboxylic acids is 1. The molecule has 1 N–H and O–H groups in total. The summed E-state index contributed by atoms with van der Waals surface area (Å²) in [5.41, 5.74) is 2.27. The van der Waals surface area contributed by atoms with Crippen molar-refractivity contribution in [2.24, 2.45) is 0 Å². The third kappa shape index (κ3) is 4.57. The molecule has 3 atom stereocenters. The lowest BCUT2D eigenvalue weighted by molar-refractivity contribution is -0.122. The average molecular weight is 391 g/mol. The van der Waals surface area contributed by atoms with E-state index in [1.165, 1.54) is 18.8 Å². The summed E-state index contributed by atoms with van der Waals surface area (Å²) in [5.74, 6) is -0.0667. The first-order chi connectivity index (χ1) is 14.1. The smallest absolute Gasteiger partial charge is 0.217 e. The Labute approximate surface area is 169 Å². The lowest BCUT2D eigenvalue weighted by atomic mass is 9.91. The fourth-order valence-corrected chi connectivity index (χ4v) is 4.09. The lowest BCUT2D eigenvalue weighted by Crippen LogP contribution is -2.43. The van der Waals surface area contributed by atoms with Crippen molar-refractivity contribution in [3.05, 3.63) is 82.2 Å². The lowest BCUT2D eigenvalue weighted by Gasteiger charge is -2.35. The maximum Gasteiger partial charge on any atom is 0.217 e. The van der Waals surface area contributed by atoms with Gasteiger partial charge < -0.3 is 14.5 Å². The van der Waals surface area contributed by atoms with Crippen molar-refractivity contribution in [1.82, 2.24) is 5.32 Å². The zero-order valence-electron chi connectivity index (χ0n) is 16.5. The summed E-state index contributed by atoms with van der Waals surface area (Å²) >= 11 is 0. The zero-order chi connectivity index (χ0) is 20.2. The zero-order valence-corrected chi connectivity index (χ0v) is 16.5. The van der Waals surface area contributed by atoms with Crippen LogP contribution in [0, 0.1) is 0 Å². The predicted octanol–water partition coefficient (Wildman–Crippen LogP) is 4.15. The molecule has 150 valence electrons. The highest BCUT2D eigenvalue weighted by Crippen LogP contribution is 2.32. The second kappa shape index (κ2) is 8.62. The standard InChI is InChI=1S/C24H25NO4/c1-16(26)25-18-13-19(12-11-17-7-3-2-4-8-17)29-23(14-18)21-15-28-22-10-6-5-9-20(22)24(21)27/h2-10,15,18-19,23H,11-14H2,1H3,(H,25,26)/t18-,19+,23+/m0/s1. The third-order valence-corrected chi connectivity index (χ3v) is 5.46. The molecule has 4 rings (SSSR count). The summed E-state index contributed by atoms with van der Waals surface area (Å²) in [6.45, 7) is 1.52. The van der Waals surface area contributed by atoms with E-state index in [4.69, 9.17) is 9.15 Å². The molecule has 0 spiro atoms. The van der Waals surface area contributed by atoms with Crippen LogP contribution in [0.5, 0.6) is 0 Å². The Kier molecular flexibility index (Phi) is 5.76. The fourth-order valence-electron chi connectivity index (χ4n) is 4.09. The predicted molar refractivity (Wildman–Crippen MR) is 112 cm³/mol. The van der Waals surface area contributed by atoms with E-state index in [1.807, 2.05) is 30.3 Å². The van der Waals surface area contributed by atoms with Gasteiger partial charge in [-0.3, -0.25) is 9.59 Å². The minimum absolute atomic E-state index is 0.0297. The molecule has 1 aliphatic heterocycles. The molecule has 1 fully saturated rings. The van der Waals surface area contributed by atoms with Gasteiger partial charge in [-0.25, -0.2) is 0 Å². The van der Waals surface area contributed by atoms with Gasteiger partial charge in [-0.15, -0.1) is 0 Å². The number of rotatable bonds is 5. The molecule has 3 aromatic rings. The maximum absolute atomic E-state index is 13.0. The van der Waals surface area contributed by atoms with Crippen molar-refractivity contribution in [3.63, 3.8) is 0 Å². The minimum atomic E-state index is -0.401. The average Bonchev–Trinajstić information content (AvgIpc) is 2.73. The summed E-state index contributed by atoms with van der Waals surface area (Å²) in [6.07, 6.45) is 4.08. The van der Waals surface area contributed by atoms with E-state index in [9.17, 15) is 9.59 Å². The van der Waals surface area contributed by atoms with Crippen LogP contribution >= 0.6 is 0 Å². The molecule has 0 bridgehead atoms. The molecule has 2 aromatic carbocycles. The number of benzene rings is 2. The number of ether oxygens (including phenoxy) is 1. The van der Waals surface area contributed by atoms with E-state index < -0.39 is 6.10 Å². The highest BCUT2D eigenvalue weighted by molar-refractivity contribution is 5.76. The SMILES string of the molecule is CC(=O)N[C@H]1C[C@@H](CCc2ccccc2)O[C@@H](c2coc3ccccc3c2=O)C1. The maximum atomic E-state index is 13.0. The number of amides is 1. The third-order valence-electron chi connectivity index (χ3n) is 5.46. The van der Waals surface area contributed by atoms with Gasteiger partial charge in [0.2, 0.25) is 5.91 Å². The quantitative estimate of drug-likeness (QED) is 0.709. The van der Waals surface area contributed by atoms with E-state index in [0.717, 1.165) is 19.3 Å². The molecule has 0 saturated carbocycles. The number of fused-ring (bicyclic) bond motifs is 1. The van der Waals surface area contributed by atoms with Gasteiger partial charge in [-0.2, -0.15) is 0 Å². The second-order valence-corrected chi connectivity index (χ2v) is 7.66. The molecule has 1 aromatic heterocycles. The molecule has 5 nitrogen and oxygen atoms in total. The van der Waals surface area contributed by atoms with Crippen molar-refractivity contribution < 1.29 is 13.9 Å². The minimum Gasteiger partial charge on any atom is -0.464 e. The molecular weight excluding hydrogens is 366 g/mol. The molecule has 2 heterocycles. The van der Waals surface area contributed by atoms with Crippen LogP contribution in [-0.2, 0) is 16.0 Å². The van der Waals surface area contributed by atoms with Crippen LogP contribution in [0.15, 0.2) is 70.1 Å². The van der Waals surface area contributed by atoms with Gasteiger partial charge in [0.05, 0.1) is 23.2 Å². The van der Waals surface area contributed by atoms with Crippen LogP contribution < -0.4 is 10.7 Å². The van der Waals surface area contributed by atoms with Crippen LogP contribution in [0.25, 0.3) is 11.0 Å². The van der Waals surface area contributed by atoms with Crippen molar-refractivity contribution in [1.29, 1.82) is 0 Å². The Morgan fingerprint density at radius 1 is 1.07 bits per heavy atom. The molecule has 0 aliphatic carbocycles. The first-order valence-corrected chi connectivity index (χ1v) is 10.1. The number of hydrogen-bond acceptors (Lipinski definition) is 4. The second-order valence-electron chi connectivity index (χ2n) is 7.66. The largest absolute Gasteiger partial charge is 0.464 e. The van der Waals surface area contributed by atoms with Crippen LogP contribution in [0.1, 0.15) is 43.4 Å². The summed E-state index contributed by atoms with van der Waals surface area (Å²) < 4.78 is 12.0. The number of hydrogen-bond donors (Lipinski definition) is 1. The summed E-state index contributed by atoms with van der Waals surface area (Å²) in [6, 6.07) is 17.5. The highest BCUT2D eigenvalue weighted by atomic mass is 16.5. The topological polar surface area (TPSA) is 68.5 Å². The molecule has 0 unspecified atom stereocenters. The summed E-state index contributed by atoms with van der Waals surface area (Å²) in [4.78, 5) is 24.7. The highest BCUT2D eigenvalue weighted by Gasteiger charge is 2.32. The van der Waals surface area contributed by atoms with E-state index in [-0.39, 0.29) is 23.5 Å². The Morgan fingerprint density at radius 3 is 2.62 bits per heavy atom. The van der Waals surface area contributed by atoms with Crippen LogP contribution in [0.3, 0.4) is 0 Å². The number of para-hydroxylation sites is 1. The Balaban J connectivity index is 1.57. The van der Waals surface area contributed by atoms with Crippen molar-refractivity contribution in [3.8, 4) is 0 Å². The molecule has 1 amide bonds. The Hall–Kier alpha value is -2.92. The van der Waals surface area contributed by atoms with Crippen molar-refractivity contribution >= 4 is 16.9 Å². The first-order valence-electron chi connectivity index (χ1n) is 10.1. The van der Waals surface area contributed by atoms with Crippen molar-refractivity contribution in [2.45, 2.75) is 50.9 Å². The van der Waals surface area contributed by atoms with Gasteiger partial charge in [0.1, 0.15) is 11.8 Å². The van der Waals surface area contributed by atoms with Gasteiger partial charge in [-0.1, -0.05) is 42.5 Å². The van der Waals surface area contributed by atoms with Gasteiger partial charge in [-0.05, 0) is 43.4 Å². The summed E-state index contributed by atoms with van der Waals surface area (Å²) in [7, 11) is 0. The molecular formula is C24H25NO4. The monoisotopic (exact) mass is 391 g/mol. The van der Waals surface area contributed by atoms with Crippen LogP contribution in [0.4, 0.5) is 0 Å². The molecule has 0 radical (unpaired) electrons. The normalized spacial score (nSPS) is 21.8. The van der Waals surface area contributed by atoms with Gasteiger partial charge >= 0.3 is 0 Å². The van der Waals surface area contributed by atoms with Gasteiger partial charge in [0.25, 0.3) is 0 Å². The van der Waals surface area contributed by atoms with E-state index in [0.29, 0.717) is 23.0 Å². The molecule has 29 heavy (non-hydrogen) atoms. The number of nitrogens with one attached hydrogen (secondary N) is 1. The number of carbonyl (C=O) groups is 1. The van der Waals surface area contributed by atoms with Gasteiger partial charge in [0.15, 0.2) is 5.43 Å².